The topological polar surface area (TPSA) is 35.6 Å². The van der Waals surface area contributed by atoms with Gasteiger partial charge in [0.2, 0.25) is 5.91 Å². The van der Waals surface area contributed by atoms with Gasteiger partial charge in [-0.05, 0) is 63.1 Å². The quantitative estimate of drug-likeness (QED) is 0.864. The molecule has 1 amide bonds. The van der Waals surface area contributed by atoms with E-state index in [4.69, 9.17) is 0 Å². The van der Waals surface area contributed by atoms with Crippen LogP contribution in [0, 0.1) is 5.92 Å². The Labute approximate surface area is 151 Å². The first-order chi connectivity index (χ1) is 12.3. The number of hydrogen-bond donors (Lipinski definition) is 1. The molecule has 1 aliphatic carbocycles. The number of likely N-dealkylation sites (tertiary alicyclic amines) is 2. The van der Waals surface area contributed by atoms with Crippen molar-refractivity contribution in [3.8, 4) is 0 Å². The SMILES string of the molecule is O=C(C1CCCN1Cc1ccccc1)N1CCC(NCC2CC2)CC1. The molecule has 4 heteroatoms. The lowest BCUT2D eigenvalue weighted by molar-refractivity contribution is -0.137. The summed E-state index contributed by atoms with van der Waals surface area (Å²) < 4.78 is 0. The lowest BCUT2D eigenvalue weighted by Gasteiger charge is -2.36. The second-order valence-corrected chi connectivity index (χ2v) is 8.07. The van der Waals surface area contributed by atoms with Crippen LogP contribution in [-0.2, 0) is 11.3 Å². The molecule has 0 spiro atoms. The molecule has 1 aromatic rings. The molecule has 0 aromatic heterocycles. The van der Waals surface area contributed by atoms with E-state index in [0.717, 1.165) is 57.8 Å². The molecule has 3 aliphatic rings. The molecule has 1 N–H and O–H groups in total. The monoisotopic (exact) mass is 341 g/mol. The van der Waals surface area contributed by atoms with Crippen molar-refractivity contribution in [2.75, 3.05) is 26.2 Å². The molecule has 1 unspecified atom stereocenters. The third-order valence-electron chi connectivity index (χ3n) is 6.08. The summed E-state index contributed by atoms with van der Waals surface area (Å²) in [4.78, 5) is 17.6. The van der Waals surface area contributed by atoms with Gasteiger partial charge in [-0.3, -0.25) is 9.69 Å². The van der Waals surface area contributed by atoms with E-state index >= 15 is 0 Å². The van der Waals surface area contributed by atoms with Crippen LogP contribution in [0.3, 0.4) is 0 Å². The minimum atomic E-state index is 0.0937. The van der Waals surface area contributed by atoms with Gasteiger partial charge in [-0.1, -0.05) is 30.3 Å². The smallest absolute Gasteiger partial charge is 0.239 e. The van der Waals surface area contributed by atoms with Crippen LogP contribution in [0.15, 0.2) is 30.3 Å². The second-order valence-electron chi connectivity index (χ2n) is 8.07. The molecule has 2 saturated heterocycles. The van der Waals surface area contributed by atoms with E-state index in [-0.39, 0.29) is 6.04 Å². The summed E-state index contributed by atoms with van der Waals surface area (Å²) in [5, 5.41) is 3.71. The Bertz CT molecular complexity index is 564. The van der Waals surface area contributed by atoms with Crippen molar-refractivity contribution in [3.05, 3.63) is 35.9 Å². The van der Waals surface area contributed by atoms with E-state index in [1.807, 2.05) is 0 Å². The lowest BCUT2D eigenvalue weighted by atomic mass is 10.0. The molecule has 0 bridgehead atoms. The van der Waals surface area contributed by atoms with E-state index in [1.54, 1.807) is 0 Å². The van der Waals surface area contributed by atoms with Gasteiger partial charge in [0.1, 0.15) is 0 Å². The van der Waals surface area contributed by atoms with Crippen molar-refractivity contribution >= 4 is 5.91 Å². The lowest BCUT2D eigenvalue weighted by Crippen LogP contribution is -2.51. The number of hydrogen-bond acceptors (Lipinski definition) is 3. The number of carbonyl (C=O) groups excluding carboxylic acids is 1. The van der Waals surface area contributed by atoms with E-state index < -0.39 is 0 Å². The molecule has 2 heterocycles. The molecule has 136 valence electrons. The van der Waals surface area contributed by atoms with Crippen LogP contribution in [0.25, 0.3) is 0 Å². The fourth-order valence-corrected chi connectivity index (χ4v) is 4.28. The van der Waals surface area contributed by atoms with Crippen molar-refractivity contribution < 1.29 is 4.79 Å². The first-order valence-corrected chi connectivity index (χ1v) is 10.1. The first-order valence-electron chi connectivity index (χ1n) is 10.1. The molecule has 25 heavy (non-hydrogen) atoms. The maximum absolute atomic E-state index is 13.0. The first kappa shape index (κ1) is 17.0. The maximum atomic E-state index is 13.0. The van der Waals surface area contributed by atoms with Crippen LogP contribution < -0.4 is 5.32 Å². The van der Waals surface area contributed by atoms with Gasteiger partial charge < -0.3 is 10.2 Å². The number of benzene rings is 1. The average Bonchev–Trinajstić information content (AvgIpc) is 3.38. The predicted molar refractivity (Wildman–Crippen MR) is 100 cm³/mol. The Balaban J connectivity index is 1.28. The summed E-state index contributed by atoms with van der Waals surface area (Å²) in [7, 11) is 0. The molecule has 4 nitrogen and oxygen atoms in total. The van der Waals surface area contributed by atoms with Crippen molar-refractivity contribution in [1.82, 2.24) is 15.1 Å². The molecule has 1 atom stereocenters. The Hall–Kier alpha value is -1.39. The molecule has 2 aliphatic heterocycles. The number of piperidine rings is 1. The number of rotatable bonds is 6. The van der Waals surface area contributed by atoms with Gasteiger partial charge in [0.15, 0.2) is 0 Å². The largest absolute Gasteiger partial charge is 0.341 e. The van der Waals surface area contributed by atoms with E-state index in [9.17, 15) is 4.79 Å². The van der Waals surface area contributed by atoms with Gasteiger partial charge in [-0.2, -0.15) is 0 Å². The maximum Gasteiger partial charge on any atom is 0.239 e. The van der Waals surface area contributed by atoms with Gasteiger partial charge in [0.05, 0.1) is 6.04 Å². The van der Waals surface area contributed by atoms with E-state index in [0.29, 0.717) is 11.9 Å². The van der Waals surface area contributed by atoms with Crippen molar-refractivity contribution in [3.63, 3.8) is 0 Å². The normalized spacial score (nSPS) is 25.4. The van der Waals surface area contributed by atoms with Crippen LogP contribution in [0.1, 0.15) is 44.1 Å². The van der Waals surface area contributed by atoms with Crippen LogP contribution >= 0.6 is 0 Å². The highest BCUT2D eigenvalue weighted by Crippen LogP contribution is 2.28. The molecule has 0 radical (unpaired) electrons. The minimum Gasteiger partial charge on any atom is -0.341 e. The zero-order valence-electron chi connectivity index (χ0n) is 15.2. The molecular formula is C21H31N3O. The number of amides is 1. The zero-order valence-corrected chi connectivity index (χ0v) is 15.2. The summed E-state index contributed by atoms with van der Waals surface area (Å²) in [6.45, 7) is 4.99. The highest BCUT2D eigenvalue weighted by Gasteiger charge is 2.35. The fourth-order valence-electron chi connectivity index (χ4n) is 4.28. The third kappa shape index (κ3) is 4.42. The Morgan fingerprint density at radius 2 is 1.76 bits per heavy atom. The standard InChI is InChI=1S/C21H31N3O/c25-21(23-13-10-19(11-14-23)22-15-17-8-9-17)20-7-4-12-24(20)16-18-5-2-1-3-6-18/h1-3,5-6,17,19-20,22H,4,7-16H2. The second kappa shape index (κ2) is 7.88. The molecule has 3 fully saturated rings. The highest BCUT2D eigenvalue weighted by molar-refractivity contribution is 5.82. The summed E-state index contributed by atoms with van der Waals surface area (Å²) in [5.41, 5.74) is 1.31. The van der Waals surface area contributed by atoms with Crippen LogP contribution in [0.5, 0.6) is 0 Å². The number of nitrogens with zero attached hydrogens (tertiary/aromatic N) is 2. The van der Waals surface area contributed by atoms with Crippen molar-refractivity contribution in [1.29, 1.82) is 0 Å². The summed E-state index contributed by atoms with van der Waals surface area (Å²) >= 11 is 0. The van der Waals surface area contributed by atoms with E-state index in [1.165, 1.54) is 24.9 Å². The van der Waals surface area contributed by atoms with Crippen LogP contribution in [0.4, 0.5) is 0 Å². The van der Waals surface area contributed by atoms with Gasteiger partial charge in [0.25, 0.3) is 0 Å². The number of carbonyl (C=O) groups is 1. The summed E-state index contributed by atoms with van der Waals surface area (Å²) in [6.07, 6.45) is 7.20. The van der Waals surface area contributed by atoms with Gasteiger partial charge in [-0.15, -0.1) is 0 Å². The number of nitrogens with one attached hydrogen (secondary N) is 1. The Morgan fingerprint density at radius 3 is 2.48 bits per heavy atom. The average molecular weight is 341 g/mol. The molecule has 1 saturated carbocycles. The highest BCUT2D eigenvalue weighted by atomic mass is 16.2. The van der Waals surface area contributed by atoms with Gasteiger partial charge in [0, 0.05) is 25.7 Å². The van der Waals surface area contributed by atoms with Crippen LogP contribution in [-0.4, -0.2) is 54.0 Å². The Morgan fingerprint density at radius 1 is 1.00 bits per heavy atom. The summed E-state index contributed by atoms with van der Waals surface area (Å²) in [5.74, 6) is 1.30. The van der Waals surface area contributed by atoms with Gasteiger partial charge in [-0.25, -0.2) is 0 Å². The zero-order chi connectivity index (χ0) is 17.1. The molecular weight excluding hydrogens is 310 g/mol. The van der Waals surface area contributed by atoms with Crippen molar-refractivity contribution in [2.24, 2.45) is 5.92 Å². The van der Waals surface area contributed by atoms with Gasteiger partial charge >= 0.3 is 0 Å². The predicted octanol–water partition coefficient (Wildman–Crippen LogP) is 2.64. The minimum absolute atomic E-state index is 0.0937. The third-order valence-corrected chi connectivity index (χ3v) is 6.08. The molecule has 4 rings (SSSR count). The van der Waals surface area contributed by atoms with Crippen LogP contribution in [0.2, 0.25) is 0 Å². The molecule has 1 aromatic carbocycles. The van der Waals surface area contributed by atoms with E-state index in [2.05, 4.69) is 45.4 Å². The van der Waals surface area contributed by atoms with Crippen molar-refractivity contribution in [2.45, 2.75) is 57.2 Å². The fraction of sp³-hybridized carbons (Fsp3) is 0.667. The Kier molecular flexibility index (Phi) is 5.37. The summed E-state index contributed by atoms with van der Waals surface area (Å²) in [6, 6.07) is 11.3.